The highest BCUT2D eigenvalue weighted by molar-refractivity contribution is 7.99. The van der Waals surface area contributed by atoms with E-state index in [2.05, 4.69) is 30.4 Å². The molecule has 1 atom stereocenters. The van der Waals surface area contributed by atoms with E-state index in [-0.39, 0.29) is 12.5 Å². The molecule has 1 unspecified atom stereocenters. The van der Waals surface area contributed by atoms with Crippen molar-refractivity contribution in [3.05, 3.63) is 35.4 Å². The van der Waals surface area contributed by atoms with Gasteiger partial charge in [-0.2, -0.15) is 0 Å². The number of hydrogen-bond donors (Lipinski definition) is 2. The van der Waals surface area contributed by atoms with Crippen molar-refractivity contribution in [2.24, 2.45) is 5.92 Å². The van der Waals surface area contributed by atoms with Crippen molar-refractivity contribution in [2.45, 2.75) is 32.4 Å². The third-order valence-electron chi connectivity index (χ3n) is 3.09. The van der Waals surface area contributed by atoms with Crippen molar-refractivity contribution in [3.63, 3.8) is 0 Å². The van der Waals surface area contributed by atoms with Gasteiger partial charge in [0.25, 0.3) is 0 Å². The molecule has 0 aliphatic rings. The summed E-state index contributed by atoms with van der Waals surface area (Å²) in [6, 6.07) is 8.37. The van der Waals surface area contributed by atoms with E-state index in [9.17, 15) is 4.79 Å². The molecule has 0 saturated carbocycles. The Balaban J connectivity index is 2.08. The molecule has 0 radical (unpaired) electrons. The third kappa shape index (κ3) is 7.56. The van der Waals surface area contributed by atoms with Crippen LogP contribution in [0.3, 0.4) is 0 Å². The molecule has 0 saturated heterocycles. The molecule has 3 nitrogen and oxygen atoms in total. The second kappa shape index (κ2) is 9.83. The lowest BCUT2D eigenvalue weighted by Crippen LogP contribution is -2.26. The third-order valence-corrected chi connectivity index (χ3v) is 4.10. The highest BCUT2D eigenvalue weighted by Gasteiger charge is 2.03. The number of carbonyl (C=O) groups excluding carboxylic acids is 1. The minimum Gasteiger partial charge on any atom is -0.396 e. The number of nitrogens with one attached hydrogen (secondary N) is 1. The average Bonchev–Trinajstić information content (AvgIpc) is 2.43. The van der Waals surface area contributed by atoms with Gasteiger partial charge in [-0.3, -0.25) is 4.79 Å². The molecule has 0 heterocycles. The van der Waals surface area contributed by atoms with Gasteiger partial charge in [0.05, 0.1) is 5.75 Å². The van der Waals surface area contributed by atoms with Gasteiger partial charge in [0.15, 0.2) is 0 Å². The maximum Gasteiger partial charge on any atom is 0.230 e. The van der Waals surface area contributed by atoms with Crippen LogP contribution in [-0.4, -0.2) is 29.9 Å². The molecule has 112 valence electrons. The number of amides is 1. The molecular formula is C16H25NO2S. The number of aliphatic hydroxyl groups excluding tert-OH is 1. The predicted molar refractivity (Wildman–Crippen MR) is 85.8 cm³/mol. The molecule has 1 rings (SSSR count). The topological polar surface area (TPSA) is 49.3 Å². The second-order valence-electron chi connectivity index (χ2n) is 5.26. The lowest BCUT2D eigenvalue weighted by atomic mass is 10.1. The molecule has 0 bridgehead atoms. The molecule has 0 aromatic heterocycles. The molecule has 1 amide bonds. The van der Waals surface area contributed by atoms with Crippen LogP contribution in [-0.2, 0) is 10.5 Å². The Kier molecular flexibility index (Phi) is 8.38. The van der Waals surface area contributed by atoms with Gasteiger partial charge in [-0.15, -0.1) is 11.8 Å². The molecule has 2 N–H and O–H groups in total. The Labute approximate surface area is 126 Å². The Bertz CT molecular complexity index is 409. The van der Waals surface area contributed by atoms with Gasteiger partial charge in [-0.25, -0.2) is 0 Å². The van der Waals surface area contributed by atoms with E-state index >= 15 is 0 Å². The lowest BCUT2D eigenvalue weighted by Gasteiger charge is -2.08. The fraction of sp³-hybridized carbons (Fsp3) is 0.562. The van der Waals surface area contributed by atoms with Crippen molar-refractivity contribution in [1.29, 1.82) is 0 Å². The van der Waals surface area contributed by atoms with E-state index in [0.717, 1.165) is 18.6 Å². The number of aryl methyl sites for hydroxylation is 1. The van der Waals surface area contributed by atoms with Crippen molar-refractivity contribution in [1.82, 2.24) is 5.32 Å². The molecule has 0 spiro atoms. The number of rotatable bonds is 9. The van der Waals surface area contributed by atoms with Gasteiger partial charge in [-0.1, -0.05) is 36.8 Å². The van der Waals surface area contributed by atoms with Gasteiger partial charge < -0.3 is 10.4 Å². The minimum atomic E-state index is 0.0966. The lowest BCUT2D eigenvalue weighted by molar-refractivity contribution is -0.118. The molecule has 1 aromatic carbocycles. The first kappa shape index (κ1) is 17.1. The average molecular weight is 295 g/mol. The maximum absolute atomic E-state index is 11.6. The van der Waals surface area contributed by atoms with E-state index in [4.69, 9.17) is 5.11 Å². The van der Waals surface area contributed by atoms with E-state index in [0.29, 0.717) is 18.2 Å². The SMILES string of the molecule is Cc1cccc(CSCC(=O)NCCCC(C)CO)c1. The molecule has 4 heteroatoms. The van der Waals surface area contributed by atoms with Crippen LogP contribution in [0.25, 0.3) is 0 Å². The molecule has 20 heavy (non-hydrogen) atoms. The Morgan fingerprint density at radius 3 is 2.95 bits per heavy atom. The number of carbonyl (C=O) groups is 1. The Morgan fingerprint density at radius 2 is 2.25 bits per heavy atom. The number of benzene rings is 1. The van der Waals surface area contributed by atoms with Crippen LogP contribution < -0.4 is 5.32 Å². The normalized spacial score (nSPS) is 12.2. The van der Waals surface area contributed by atoms with E-state index in [1.165, 1.54) is 11.1 Å². The maximum atomic E-state index is 11.6. The molecule has 1 aromatic rings. The van der Waals surface area contributed by atoms with E-state index in [1.807, 2.05) is 13.0 Å². The summed E-state index contributed by atoms with van der Waals surface area (Å²) in [5.41, 5.74) is 2.52. The molecule has 0 aliphatic carbocycles. The zero-order chi connectivity index (χ0) is 14.8. The fourth-order valence-electron chi connectivity index (χ4n) is 1.88. The number of aliphatic hydroxyl groups is 1. The summed E-state index contributed by atoms with van der Waals surface area (Å²) >= 11 is 1.64. The van der Waals surface area contributed by atoms with Crippen molar-refractivity contribution < 1.29 is 9.90 Å². The summed E-state index contributed by atoms with van der Waals surface area (Å²) in [5, 5.41) is 11.8. The molecule has 0 fully saturated rings. The van der Waals surface area contributed by atoms with Gasteiger partial charge in [0.1, 0.15) is 0 Å². The van der Waals surface area contributed by atoms with Gasteiger partial charge >= 0.3 is 0 Å². The Morgan fingerprint density at radius 1 is 1.45 bits per heavy atom. The van der Waals surface area contributed by atoms with Gasteiger partial charge in [0.2, 0.25) is 5.91 Å². The van der Waals surface area contributed by atoms with Crippen LogP contribution in [0.5, 0.6) is 0 Å². The fourth-order valence-corrected chi connectivity index (χ4v) is 2.69. The minimum absolute atomic E-state index is 0.0966. The van der Waals surface area contributed by atoms with Gasteiger partial charge in [-0.05, 0) is 31.2 Å². The molecule has 0 aliphatic heterocycles. The van der Waals surface area contributed by atoms with Gasteiger partial charge in [0, 0.05) is 18.9 Å². The van der Waals surface area contributed by atoms with Crippen LogP contribution in [0, 0.1) is 12.8 Å². The summed E-state index contributed by atoms with van der Waals surface area (Å²) in [5.74, 6) is 1.79. The van der Waals surface area contributed by atoms with Crippen LogP contribution in [0.1, 0.15) is 30.9 Å². The number of thioether (sulfide) groups is 1. The quantitative estimate of drug-likeness (QED) is 0.689. The number of hydrogen-bond acceptors (Lipinski definition) is 3. The Hall–Kier alpha value is -1.00. The first-order chi connectivity index (χ1) is 9.61. The highest BCUT2D eigenvalue weighted by atomic mass is 32.2. The van der Waals surface area contributed by atoms with Crippen LogP contribution in [0.4, 0.5) is 0 Å². The van der Waals surface area contributed by atoms with Crippen molar-refractivity contribution in [3.8, 4) is 0 Å². The van der Waals surface area contributed by atoms with Crippen LogP contribution >= 0.6 is 11.8 Å². The summed E-state index contributed by atoms with van der Waals surface area (Å²) in [4.78, 5) is 11.6. The summed E-state index contributed by atoms with van der Waals surface area (Å²) in [7, 11) is 0. The predicted octanol–water partition coefficient (Wildman–Crippen LogP) is 2.75. The zero-order valence-corrected chi connectivity index (χ0v) is 13.2. The van der Waals surface area contributed by atoms with Crippen molar-refractivity contribution in [2.75, 3.05) is 18.9 Å². The molecular weight excluding hydrogens is 270 g/mol. The van der Waals surface area contributed by atoms with Crippen LogP contribution in [0.15, 0.2) is 24.3 Å². The summed E-state index contributed by atoms with van der Waals surface area (Å²) < 4.78 is 0. The van der Waals surface area contributed by atoms with E-state index in [1.54, 1.807) is 11.8 Å². The second-order valence-corrected chi connectivity index (χ2v) is 6.25. The van der Waals surface area contributed by atoms with E-state index < -0.39 is 0 Å². The first-order valence-electron chi connectivity index (χ1n) is 7.12. The summed E-state index contributed by atoms with van der Waals surface area (Å²) in [6.45, 7) is 5.02. The van der Waals surface area contributed by atoms with Crippen molar-refractivity contribution >= 4 is 17.7 Å². The smallest absolute Gasteiger partial charge is 0.230 e. The largest absolute Gasteiger partial charge is 0.396 e. The zero-order valence-electron chi connectivity index (χ0n) is 12.4. The monoisotopic (exact) mass is 295 g/mol. The van der Waals surface area contributed by atoms with Crippen LogP contribution in [0.2, 0.25) is 0 Å². The highest BCUT2D eigenvalue weighted by Crippen LogP contribution is 2.13. The first-order valence-corrected chi connectivity index (χ1v) is 8.28. The summed E-state index contributed by atoms with van der Waals surface area (Å²) in [6.07, 6.45) is 1.88. The standard InChI is InChI=1S/C16H25NO2S/c1-13-5-3-7-15(9-13)11-20-12-16(19)17-8-4-6-14(2)10-18/h3,5,7,9,14,18H,4,6,8,10-12H2,1-2H3,(H,17,19).